The number of nitrogens with zero attached hydrogens (tertiary/aromatic N) is 2. The van der Waals surface area contributed by atoms with E-state index in [9.17, 15) is 0 Å². The Bertz CT molecular complexity index is 3300. The summed E-state index contributed by atoms with van der Waals surface area (Å²) < 4.78 is 2.37. The van der Waals surface area contributed by atoms with Crippen molar-refractivity contribution >= 4 is 38.9 Å². The zero-order valence-corrected chi connectivity index (χ0v) is 34.6. The number of para-hydroxylation sites is 2. The molecule has 0 aliphatic heterocycles. The Morgan fingerprint density at radius 2 is 0.651 bits per heavy atom. The van der Waals surface area contributed by atoms with Crippen molar-refractivity contribution in [2.24, 2.45) is 0 Å². The molecule has 0 fully saturated rings. The minimum Gasteiger partial charge on any atom is -0.311 e. The Morgan fingerprint density at radius 3 is 1.16 bits per heavy atom. The summed E-state index contributed by atoms with van der Waals surface area (Å²) in [5.74, 6) is 0. The number of fused-ring (bicyclic) bond motifs is 6. The SMILES string of the molecule is c1ccc(-c2ccc(N(c3ccc(-c4ccc(-n5c6ccccc6c6ccccc65)cc4)cc3)c3ccc(C4(c5ccccc5)c5ccccc5-c5ccccc54)cc3)cc2)cc1. The van der Waals surface area contributed by atoms with Gasteiger partial charge in [0.15, 0.2) is 0 Å². The molecule has 10 aromatic carbocycles. The van der Waals surface area contributed by atoms with Crippen molar-refractivity contribution in [3.63, 3.8) is 0 Å². The van der Waals surface area contributed by atoms with Crippen LogP contribution in [-0.2, 0) is 5.41 Å². The molecule has 0 N–H and O–H groups in total. The highest BCUT2D eigenvalue weighted by Gasteiger charge is 2.45. The van der Waals surface area contributed by atoms with Crippen molar-refractivity contribution < 1.29 is 0 Å². The van der Waals surface area contributed by atoms with Crippen molar-refractivity contribution in [1.82, 2.24) is 4.57 Å². The second-order valence-corrected chi connectivity index (χ2v) is 16.5. The molecule has 11 aromatic rings. The molecule has 2 nitrogen and oxygen atoms in total. The van der Waals surface area contributed by atoms with Gasteiger partial charge in [-0.25, -0.2) is 0 Å². The van der Waals surface area contributed by atoms with Gasteiger partial charge in [0, 0.05) is 33.5 Å². The normalized spacial score (nSPS) is 12.6. The molecule has 0 bridgehead atoms. The molecule has 0 radical (unpaired) electrons. The number of rotatable bonds is 8. The highest BCUT2D eigenvalue weighted by Crippen LogP contribution is 2.56. The summed E-state index contributed by atoms with van der Waals surface area (Å²) >= 11 is 0. The molecular weight excluding hydrogens is 761 g/mol. The van der Waals surface area contributed by atoms with Crippen LogP contribution in [-0.4, -0.2) is 4.57 Å². The van der Waals surface area contributed by atoms with Crippen LogP contribution in [0.4, 0.5) is 17.1 Å². The first-order chi connectivity index (χ1) is 31.3. The van der Waals surface area contributed by atoms with E-state index in [-0.39, 0.29) is 0 Å². The fourth-order valence-corrected chi connectivity index (χ4v) is 10.3. The topological polar surface area (TPSA) is 8.17 Å². The average Bonchev–Trinajstić information content (AvgIpc) is 3.86. The molecule has 0 atom stereocenters. The molecular formula is C61H42N2. The van der Waals surface area contributed by atoms with Crippen molar-refractivity contribution in [3.8, 4) is 39.1 Å². The summed E-state index contributed by atoms with van der Waals surface area (Å²) in [6.07, 6.45) is 0. The Hall–Kier alpha value is -8.20. The lowest BCUT2D eigenvalue weighted by Crippen LogP contribution is -2.28. The van der Waals surface area contributed by atoms with Crippen LogP contribution >= 0.6 is 0 Å². The highest BCUT2D eigenvalue weighted by atomic mass is 15.1. The summed E-state index contributed by atoms with van der Waals surface area (Å²) in [6, 6.07) is 93.1. The molecule has 0 amide bonds. The Morgan fingerprint density at radius 1 is 0.286 bits per heavy atom. The summed E-state index contributed by atoms with van der Waals surface area (Å²) in [5, 5.41) is 2.54. The lowest BCUT2D eigenvalue weighted by Gasteiger charge is -2.34. The zero-order chi connectivity index (χ0) is 41.7. The van der Waals surface area contributed by atoms with E-state index in [1.54, 1.807) is 0 Å². The van der Waals surface area contributed by atoms with E-state index in [1.165, 1.54) is 77.4 Å². The molecule has 1 aliphatic carbocycles. The predicted octanol–water partition coefficient (Wildman–Crippen LogP) is 16.0. The molecule has 2 heteroatoms. The largest absolute Gasteiger partial charge is 0.311 e. The second-order valence-electron chi connectivity index (χ2n) is 16.5. The molecule has 12 rings (SSSR count). The highest BCUT2D eigenvalue weighted by molar-refractivity contribution is 6.09. The summed E-state index contributed by atoms with van der Waals surface area (Å²) in [7, 11) is 0. The predicted molar refractivity (Wildman–Crippen MR) is 264 cm³/mol. The van der Waals surface area contributed by atoms with Gasteiger partial charge in [-0.1, -0.05) is 194 Å². The number of aromatic nitrogens is 1. The van der Waals surface area contributed by atoms with Gasteiger partial charge in [0.25, 0.3) is 0 Å². The lowest BCUT2D eigenvalue weighted by atomic mass is 9.68. The van der Waals surface area contributed by atoms with Crippen molar-refractivity contribution in [2.45, 2.75) is 5.41 Å². The van der Waals surface area contributed by atoms with Gasteiger partial charge in [0.05, 0.1) is 16.4 Å². The van der Waals surface area contributed by atoms with Crippen LogP contribution in [0.25, 0.3) is 60.9 Å². The van der Waals surface area contributed by atoms with Crippen molar-refractivity contribution in [1.29, 1.82) is 0 Å². The summed E-state index contributed by atoms with van der Waals surface area (Å²) in [5.41, 5.74) is 18.9. The fourth-order valence-electron chi connectivity index (χ4n) is 10.3. The maximum Gasteiger partial charge on any atom is 0.0713 e. The van der Waals surface area contributed by atoms with E-state index < -0.39 is 5.41 Å². The van der Waals surface area contributed by atoms with Gasteiger partial charge in [-0.2, -0.15) is 0 Å². The van der Waals surface area contributed by atoms with E-state index in [2.05, 4.69) is 264 Å². The van der Waals surface area contributed by atoms with Crippen LogP contribution in [0.2, 0.25) is 0 Å². The Balaban J connectivity index is 0.937. The molecule has 0 spiro atoms. The van der Waals surface area contributed by atoms with Gasteiger partial charge in [0.2, 0.25) is 0 Å². The minimum absolute atomic E-state index is 0.451. The quantitative estimate of drug-likeness (QED) is 0.149. The van der Waals surface area contributed by atoms with Gasteiger partial charge in [-0.15, -0.1) is 0 Å². The summed E-state index contributed by atoms with van der Waals surface area (Å²) in [4.78, 5) is 2.37. The number of benzene rings is 10. The first-order valence-corrected chi connectivity index (χ1v) is 21.8. The zero-order valence-electron chi connectivity index (χ0n) is 34.6. The second kappa shape index (κ2) is 15.1. The molecule has 63 heavy (non-hydrogen) atoms. The van der Waals surface area contributed by atoms with Crippen molar-refractivity contribution in [3.05, 3.63) is 277 Å². The van der Waals surface area contributed by atoms with Gasteiger partial charge >= 0.3 is 0 Å². The first-order valence-electron chi connectivity index (χ1n) is 21.8. The average molecular weight is 803 g/mol. The van der Waals surface area contributed by atoms with Crippen LogP contribution in [0.5, 0.6) is 0 Å². The maximum absolute atomic E-state index is 2.37. The van der Waals surface area contributed by atoms with Crippen LogP contribution in [0, 0.1) is 0 Å². The van der Waals surface area contributed by atoms with Crippen LogP contribution in [0.1, 0.15) is 22.3 Å². The van der Waals surface area contributed by atoms with Gasteiger partial charge in [-0.05, 0) is 116 Å². The van der Waals surface area contributed by atoms with E-state index in [0.717, 1.165) is 22.7 Å². The Kier molecular flexibility index (Phi) is 8.76. The Labute approximate surface area is 368 Å². The third-order valence-electron chi connectivity index (χ3n) is 13.1. The minimum atomic E-state index is -0.451. The lowest BCUT2D eigenvalue weighted by molar-refractivity contribution is 0.768. The van der Waals surface area contributed by atoms with Crippen LogP contribution < -0.4 is 4.90 Å². The van der Waals surface area contributed by atoms with Crippen molar-refractivity contribution in [2.75, 3.05) is 4.90 Å². The first kappa shape index (κ1) is 36.6. The number of anilines is 3. The van der Waals surface area contributed by atoms with E-state index >= 15 is 0 Å². The molecule has 0 saturated carbocycles. The van der Waals surface area contributed by atoms with Crippen LogP contribution in [0.15, 0.2) is 255 Å². The monoisotopic (exact) mass is 802 g/mol. The molecule has 0 unspecified atom stereocenters. The van der Waals surface area contributed by atoms with E-state index in [0.29, 0.717) is 0 Å². The van der Waals surface area contributed by atoms with E-state index in [1.807, 2.05) is 0 Å². The van der Waals surface area contributed by atoms with Gasteiger partial charge in [0.1, 0.15) is 0 Å². The summed E-state index contributed by atoms with van der Waals surface area (Å²) in [6.45, 7) is 0. The third-order valence-corrected chi connectivity index (χ3v) is 13.1. The molecule has 1 heterocycles. The number of hydrogen-bond donors (Lipinski definition) is 0. The van der Waals surface area contributed by atoms with E-state index in [4.69, 9.17) is 0 Å². The molecule has 1 aromatic heterocycles. The molecule has 296 valence electrons. The van der Waals surface area contributed by atoms with Gasteiger partial charge in [-0.3, -0.25) is 0 Å². The maximum atomic E-state index is 2.37. The van der Waals surface area contributed by atoms with Crippen LogP contribution in [0.3, 0.4) is 0 Å². The van der Waals surface area contributed by atoms with Gasteiger partial charge < -0.3 is 9.47 Å². The standard InChI is InChI=1S/C61H42N2/c1-3-15-43(16-4-1)44-27-35-49(36-28-44)62(50-37-29-45(30-38-50)46-31-39-52(40-32-46)63-59-25-13-9-21-55(59)56-22-10-14-26-60(56)63)51-41-33-48(34-42-51)61(47-17-5-2-6-18-47)57-23-11-7-19-53(57)54-20-8-12-24-58(54)61/h1-42H. The molecule has 1 aliphatic rings. The smallest absolute Gasteiger partial charge is 0.0713 e. The number of hydrogen-bond acceptors (Lipinski definition) is 1. The third kappa shape index (κ3) is 5.95. The molecule has 0 saturated heterocycles. The fraction of sp³-hybridized carbons (Fsp3) is 0.0164.